The lowest BCUT2D eigenvalue weighted by Gasteiger charge is -1.92. The first-order valence-corrected chi connectivity index (χ1v) is 3.26. The molecule has 0 fully saturated rings. The fraction of sp³-hybridized carbons (Fsp3) is 0.167. The second kappa shape index (κ2) is 3.30. The van der Waals surface area contributed by atoms with Gasteiger partial charge in [-0.15, -0.1) is 5.10 Å². The third-order valence-electron chi connectivity index (χ3n) is 1.02. The van der Waals surface area contributed by atoms with Crippen LogP contribution >= 0.6 is 11.6 Å². The standard InChI is InChI=1S/C6H5ClN2O2/c7-5-2-1-4(8-9-5)3-6(10)11/h1-2H,3H2,(H,10,11). The van der Waals surface area contributed by atoms with E-state index in [1.807, 2.05) is 0 Å². The van der Waals surface area contributed by atoms with E-state index in [1.54, 1.807) is 0 Å². The van der Waals surface area contributed by atoms with Crippen molar-refractivity contribution in [2.24, 2.45) is 0 Å². The van der Waals surface area contributed by atoms with E-state index in [4.69, 9.17) is 16.7 Å². The van der Waals surface area contributed by atoms with Crippen LogP contribution in [0.2, 0.25) is 5.15 Å². The summed E-state index contributed by atoms with van der Waals surface area (Å²) in [5.74, 6) is -0.929. The highest BCUT2D eigenvalue weighted by Gasteiger charge is 2.01. The summed E-state index contributed by atoms with van der Waals surface area (Å²) in [5, 5.41) is 15.6. The van der Waals surface area contributed by atoms with E-state index in [9.17, 15) is 4.79 Å². The number of hydrogen-bond acceptors (Lipinski definition) is 3. The van der Waals surface area contributed by atoms with Gasteiger partial charge in [0.1, 0.15) is 0 Å². The van der Waals surface area contributed by atoms with Crippen LogP contribution < -0.4 is 0 Å². The summed E-state index contributed by atoms with van der Waals surface area (Å²) in [6.45, 7) is 0. The summed E-state index contributed by atoms with van der Waals surface area (Å²) in [6.07, 6.45) is -0.121. The first kappa shape index (κ1) is 7.94. The van der Waals surface area contributed by atoms with Crippen LogP contribution in [0.5, 0.6) is 0 Å². The Balaban J connectivity index is 2.74. The van der Waals surface area contributed by atoms with Crippen LogP contribution in [-0.4, -0.2) is 21.3 Å². The van der Waals surface area contributed by atoms with Crippen LogP contribution in [-0.2, 0) is 11.2 Å². The van der Waals surface area contributed by atoms with Gasteiger partial charge in [0.15, 0.2) is 5.15 Å². The van der Waals surface area contributed by atoms with E-state index in [0.717, 1.165) is 0 Å². The third-order valence-corrected chi connectivity index (χ3v) is 1.22. The molecule has 5 heteroatoms. The topological polar surface area (TPSA) is 63.1 Å². The molecule has 0 aliphatic rings. The first-order chi connectivity index (χ1) is 5.18. The molecule has 0 saturated carbocycles. The molecule has 0 aromatic carbocycles. The predicted molar refractivity (Wildman–Crippen MR) is 38.4 cm³/mol. The minimum atomic E-state index is -0.929. The molecular weight excluding hydrogens is 168 g/mol. The normalized spacial score (nSPS) is 9.55. The molecule has 1 aromatic rings. The van der Waals surface area contributed by atoms with Gasteiger partial charge in [-0.2, -0.15) is 5.10 Å². The molecule has 0 atom stereocenters. The molecule has 0 unspecified atom stereocenters. The summed E-state index contributed by atoms with van der Waals surface area (Å²) in [4.78, 5) is 10.2. The highest BCUT2D eigenvalue weighted by Crippen LogP contribution is 2.02. The molecule has 0 bridgehead atoms. The maximum absolute atomic E-state index is 10.2. The molecule has 1 heterocycles. The fourth-order valence-corrected chi connectivity index (χ4v) is 0.694. The summed E-state index contributed by atoms with van der Waals surface area (Å²) in [7, 11) is 0. The van der Waals surface area contributed by atoms with Crippen LogP contribution in [0.1, 0.15) is 5.69 Å². The maximum atomic E-state index is 10.2. The van der Waals surface area contributed by atoms with Gasteiger partial charge < -0.3 is 5.11 Å². The molecule has 0 radical (unpaired) electrons. The van der Waals surface area contributed by atoms with Gasteiger partial charge in [-0.05, 0) is 12.1 Å². The van der Waals surface area contributed by atoms with Crippen LogP contribution in [0.15, 0.2) is 12.1 Å². The Hall–Kier alpha value is -1.16. The Morgan fingerprint density at radius 2 is 2.27 bits per heavy atom. The van der Waals surface area contributed by atoms with Crippen molar-refractivity contribution in [3.63, 3.8) is 0 Å². The Bertz CT molecular complexity index is 260. The number of carbonyl (C=O) groups is 1. The van der Waals surface area contributed by atoms with E-state index < -0.39 is 5.97 Å². The minimum Gasteiger partial charge on any atom is -0.481 e. The Morgan fingerprint density at radius 1 is 1.55 bits per heavy atom. The second-order valence-electron chi connectivity index (χ2n) is 1.92. The molecule has 1 N–H and O–H groups in total. The van der Waals surface area contributed by atoms with Crippen LogP contribution in [0, 0.1) is 0 Å². The lowest BCUT2D eigenvalue weighted by atomic mass is 10.3. The monoisotopic (exact) mass is 172 g/mol. The van der Waals surface area contributed by atoms with Gasteiger partial charge in [-0.3, -0.25) is 4.79 Å². The van der Waals surface area contributed by atoms with E-state index >= 15 is 0 Å². The van der Waals surface area contributed by atoms with Crippen LogP contribution in [0.4, 0.5) is 0 Å². The Labute approximate surface area is 67.8 Å². The lowest BCUT2D eigenvalue weighted by Crippen LogP contribution is -2.02. The Morgan fingerprint density at radius 3 is 2.73 bits per heavy atom. The minimum absolute atomic E-state index is 0.121. The summed E-state index contributed by atoms with van der Waals surface area (Å²) in [6, 6.07) is 3.04. The van der Waals surface area contributed by atoms with E-state index in [-0.39, 0.29) is 11.6 Å². The summed E-state index contributed by atoms with van der Waals surface area (Å²) in [5.41, 5.74) is 0.405. The molecule has 58 valence electrons. The van der Waals surface area contributed by atoms with Crippen molar-refractivity contribution in [1.82, 2.24) is 10.2 Å². The smallest absolute Gasteiger partial charge is 0.309 e. The highest BCUT2D eigenvalue weighted by molar-refractivity contribution is 6.29. The van der Waals surface area contributed by atoms with Crippen molar-refractivity contribution in [3.05, 3.63) is 23.0 Å². The first-order valence-electron chi connectivity index (χ1n) is 2.88. The summed E-state index contributed by atoms with van der Waals surface area (Å²) >= 11 is 5.43. The number of aliphatic carboxylic acids is 1. The van der Waals surface area contributed by atoms with Crippen molar-refractivity contribution in [2.45, 2.75) is 6.42 Å². The van der Waals surface area contributed by atoms with Crippen LogP contribution in [0.25, 0.3) is 0 Å². The SMILES string of the molecule is O=C(O)Cc1ccc(Cl)nn1. The lowest BCUT2D eigenvalue weighted by molar-refractivity contribution is -0.136. The van der Waals surface area contributed by atoms with Crippen molar-refractivity contribution in [3.8, 4) is 0 Å². The van der Waals surface area contributed by atoms with Crippen molar-refractivity contribution in [1.29, 1.82) is 0 Å². The largest absolute Gasteiger partial charge is 0.481 e. The predicted octanol–water partition coefficient (Wildman–Crippen LogP) is 0.757. The number of nitrogens with zero attached hydrogens (tertiary/aromatic N) is 2. The number of rotatable bonds is 2. The van der Waals surface area contributed by atoms with Crippen molar-refractivity contribution in [2.75, 3.05) is 0 Å². The molecule has 1 rings (SSSR count). The quantitative estimate of drug-likeness (QED) is 0.715. The average Bonchev–Trinajstić information content (AvgIpc) is 1.93. The van der Waals surface area contributed by atoms with Gasteiger partial charge in [-0.25, -0.2) is 0 Å². The zero-order valence-electron chi connectivity index (χ0n) is 5.49. The van der Waals surface area contributed by atoms with Crippen molar-refractivity contribution >= 4 is 17.6 Å². The zero-order chi connectivity index (χ0) is 8.27. The number of aromatic nitrogens is 2. The van der Waals surface area contributed by atoms with E-state index in [2.05, 4.69) is 10.2 Å². The van der Waals surface area contributed by atoms with Gasteiger partial charge >= 0.3 is 5.97 Å². The highest BCUT2D eigenvalue weighted by atomic mass is 35.5. The van der Waals surface area contributed by atoms with Gasteiger partial charge in [0, 0.05) is 0 Å². The number of carboxylic acid groups (broad SMARTS) is 1. The average molecular weight is 173 g/mol. The second-order valence-corrected chi connectivity index (χ2v) is 2.31. The zero-order valence-corrected chi connectivity index (χ0v) is 6.25. The Kier molecular flexibility index (Phi) is 2.38. The maximum Gasteiger partial charge on any atom is 0.309 e. The molecule has 0 aliphatic heterocycles. The van der Waals surface area contributed by atoms with Gasteiger partial charge in [0.05, 0.1) is 12.1 Å². The molecule has 1 aromatic heterocycles. The van der Waals surface area contributed by atoms with E-state index in [0.29, 0.717) is 5.69 Å². The molecule has 0 aliphatic carbocycles. The number of halogens is 1. The molecule has 4 nitrogen and oxygen atoms in total. The van der Waals surface area contributed by atoms with Crippen molar-refractivity contribution < 1.29 is 9.90 Å². The molecule has 0 saturated heterocycles. The van der Waals surface area contributed by atoms with Crippen LogP contribution in [0.3, 0.4) is 0 Å². The summed E-state index contributed by atoms with van der Waals surface area (Å²) < 4.78 is 0. The molecule has 11 heavy (non-hydrogen) atoms. The van der Waals surface area contributed by atoms with Gasteiger partial charge in [-0.1, -0.05) is 11.6 Å². The molecular formula is C6H5ClN2O2. The number of hydrogen-bond donors (Lipinski definition) is 1. The third kappa shape index (κ3) is 2.51. The van der Waals surface area contributed by atoms with Gasteiger partial charge in [0.2, 0.25) is 0 Å². The number of carboxylic acids is 1. The van der Waals surface area contributed by atoms with E-state index in [1.165, 1.54) is 12.1 Å². The molecule has 0 amide bonds. The molecule has 0 spiro atoms. The van der Waals surface area contributed by atoms with Gasteiger partial charge in [0.25, 0.3) is 0 Å². The fourth-order valence-electron chi connectivity index (χ4n) is 0.593.